The fourth-order valence-corrected chi connectivity index (χ4v) is 5.24. The summed E-state index contributed by atoms with van der Waals surface area (Å²) in [6, 6.07) is 17.4. The van der Waals surface area contributed by atoms with E-state index in [-0.39, 0.29) is 16.9 Å². The molecule has 0 spiro atoms. The molecule has 0 fully saturated rings. The van der Waals surface area contributed by atoms with Gasteiger partial charge in [0, 0.05) is 26.9 Å². The summed E-state index contributed by atoms with van der Waals surface area (Å²) in [6.07, 6.45) is 0.623. The zero-order chi connectivity index (χ0) is 25.7. The van der Waals surface area contributed by atoms with Crippen molar-refractivity contribution in [2.24, 2.45) is 0 Å². The number of nitro groups is 1. The molecule has 7 nitrogen and oxygen atoms in total. The lowest BCUT2D eigenvalue weighted by atomic mass is 9.91. The number of benzene rings is 4. The van der Waals surface area contributed by atoms with Crippen molar-refractivity contribution in [3.8, 4) is 0 Å². The Balaban J connectivity index is 1.76. The monoisotopic (exact) mass is 543 g/mol. The van der Waals surface area contributed by atoms with E-state index in [0.29, 0.717) is 34.1 Å². The van der Waals surface area contributed by atoms with E-state index < -0.39 is 16.7 Å². The predicted molar refractivity (Wildman–Crippen MR) is 144 cm³/mol. The quantitative estimate of drug-likeness (QED) is 0.163. The Morgan fingerprint density at radius 2 is 1.64 bits per heavy atom. The second-order valence-electron chi connectivity index (χ2n) is 8.77. The molecule has 8 heteroatoms. The number of rotatable bonds is 5. The van der Waals surface area contributed by atoms with E-state index >= 15 is 0 Å². The highest BCUT2D eigenvalue weighted by atomic mass is 79.9. The first-order chi connectivity index (χ1) is 17.2. The summed E-state index contributed by atoms with van der Waals surface area (Å²) in [4.78, 5) is 40.2. The summed E-state index contributed by atoms with van der Waals surface area (Å²) in [5.74, 6) is -1.03. The summed E-state index contributed by atoms with van der Waals surface area (Å²) in [5.41, 5.74) is 4.49. The molecule has 0 radical (unpaired) electrons. The van der Waals surface area contributed by atoms with E-state index in [0.717, 1.165) is 26.1 Å². The van der Waals surface area contributed by atoms with E-state index in [2.05, 4.69) is 21.2 Å². The average molecular weight is 544 g/mol. The molecule has 0 bridgehead atoms. The molecular weight excluding hydrogens is 522 g/mol. The number of hydrogen-bond acceptors (Lipinski definition) is 5. The second-order valence-corrected chi connectivity index (χ2v) is 9.63. The van der Waals surface area contributed by atoms with Crippen molar-refractivity contribution in [1.29, 1.82) is 0 Å². The highest BCUT2D eigenvalue weighted by Gasteiger charge is 2.37. The molecule has 1 aliphatic rings. The van der Waals surface area contributed by atoms with Crippen LogP contribution in [0.4, 0.5) is 22.7 Å². The largest absolute Gasteiger partial charge is 0.348 e. The molecule has 0 saturated heterocycles. The standard InChI is InChI=1S/C28H22BrN3O4/c1-4-17-8-5-6-11-23(17)31-27(33)19-10-7-9-18-25(19)20(28(31)34)14-24(32(35)36)26(18)30-22-13-16(3)15(2)12-21(22)29/h5-14,30H,4H2,1-3H3. The minimum Gasteiger partial charge on any atom is -0.348 e. The van der Waals surface area contributed by atoms with Crippen LogP contribution in [0.1, 0.15) is 44.3 Å². The lowest BCUT2D eigenvalue weighted by molar-refractivity contribution is -0.383. The van der Waals surface area contributed by atoms with Crippen LogP contribution in [0.5, 0.6) is 0 Å². The molecule has 5 rings (SSSR count). The lowest BCUT2D eigenvalue weighted by Crippen LogP contribution is -2.41. The number of para-hydroxylation sites is 1. The van der Waals surface area contributed by atoms with E-state index in [1.165, 1.54) is 6.07 Å². The van der Waals surface area contributed by atoms with Crippen LogP contribution in [0.2, 0.25) is 0 Å². The summed E-state index contributed by atoms with van der Waals surface area (Å²) in [5, 5.41) is 16.3. The van der Waals surface area contributed by atoms with Crippen LogP contribution >= 0.6 is 15.9 Å². The molecule has 0 saturated carbocycles. The smallest absolute Gasteiger partial charge is 0.294 e. The van der Waals surface area contributed by atoms with Gasteiger partial charge in [-0.2, -0.15) is 0 Å². The molecular formula is C28H22BrN3O4. The van der Waals surface area contributed by atoms with Crippen LogP contribution in [0.25, 0.3) is 10.8 Å². The predicted octanol–water partition coefficient (Wildman–Crippen LogP) is 7.23. The van der Waals surface area contributed by atoms with Crippen molar-refractivity contribution in [2.45, 2.75) is 27.2 Å². The third-order valence-corrected chi connectivity index (χ3v) is 7.32. The van der Waals surface area contributed by atoms with Crippen molar-refractivity contribution in [1.82, 2.24) is 0 Å². The van der Waals surface area contributed by atoms with Gasteiger partial charge in [0.1, 0.15) is 5.69 Å². The number of aryl methyl sites for hydroxylation is 3. The second kappa shape index (κ2) is 8.87. The van der Waals surface area contributed by atoms with Crippen LogP contribution in [0, 0.1) is 24.0 Å². The molecule has 2 amide bonds. The topological polar surface area (TPSA) is 92.6 Å². The normalized spacial score (nSPS) is 12.8. The molecule has 180 valence electrons. The fraction of sp³-hybridized carbons (Fsp3) is 0.143. The van der Waals surface area contributed by atoms with E-state index in [9.17, 15) is 19.7 Å². The zero-order valence-electron chi connectivity index (χ0n) is 19.9. The Morgan fingerprint density at radius 1 is 0.944 bits per heavy atom. The van der Waals surface area contributed by atoms with Gasteiger partial charge in [0.05, 0.1) is 21.9 Å². The van der Waals surface area contributed by atoms with Gasteiger partial charge < -0.3 is 5.32 Å². The maximum absolute atomic E-state index is 13.7. The lowest BCUT2D eigenvalue weighted by Gasteiger charge is -2.29. The first kappa shape index (κ1) is 23.7. The van der Waals surface area contributed by atoms with E-state index in [4.69, 9.17) is 0 Å². The van der Waals surface area contributed by atoms with Gasteiger partial charge in [0.15, 0.2) is 0 Å². The van der Waals surface area contributed by atoms with Gasteiger partial charge in [-0.1, -0.05) is 37.3 Å². The Morgan fingerprint density at radius 3 is 2.36 bits per heavy atom. The van der Waals surface area contributed by atoms with Crippen molar-refractivity contribution < 1.29 is 14.5 Å². The third-order valence-electron chi connectivity index (χ3n) is 6.66. The molecule has 1 aliphatic heterocycles. The summed E-state index contributed by atoms with van der Waals surface area (Å²) >= 11 is 3.54. The number of nitrogens with zero attached hydrogens (tertiary/aromatic N) is 2. The molecule has 4 aromatic carbocycles. The molecule has 36 heavy (non-hydrogen) atoms. The number of anilines is 3. The summed E-state index contributed by atoms with van der Waals surface area (Å²) in [7, 11) is 0. The van der Waals surface area contributed by atoms with Crippen LogP contribution in [0.15, 0.2) is 65.1 Å². The fourth-order valence-electron chi connectivity index (χ4n) is 4.68. The van der Waals surface area contributed by atoms with Crippen LogP contribution in [0.3, 0.4) is 0 Å². The number of amides is 2. The summed E-state index contributed by atoms with van der Waals surface area (Å²) in [6.45, 7) is 5.88. The number of imide groups is 1. The highest BCUT2D eigenvalue weighted by Crippen LogP contribution is 2.43. The summed E-state index contributed by atoms with van der Waals surface area (Å²) < 4.78 is 0.745. The van der Waals surface area contributed by atoms with E-state index in [1.807, 2.05) is 45.0 Å². The van der Waals surface area contributed by atoms with Crippen molar-refractivity contribution in [3.63, 3.8) is 0 Å². The zero-order valence-corrected chi connectivity index (χ0v) is 21.5. The number of carbonyl (C=O) groups is 2. The molecule has 1 heterocycles. The SMILES string of the molecule is CCc1ccccc1N1C(=O)c2cccc3c(Nc4cc(C)c(C)cc4Br)c([N+](=O)[O-])cc(c23)C1=O. The molecule has 1 N–H and O–H groups in total. The van der Waals surface area contributed by atoms with Crippen LogP contribution in [-0.4, -0.2) is 16.7 Å². The Hall–Kier alpha value is -4.04. The molecule has 0 aromatic heterocycles. The van der Waals surface area contributed by atoms with Gasteiger partial charge in [-0.25, -0.2) is 4.90 Å². The first-order valence-corrected chi connectivity index (χ1v) is 12.3. The Bertz CT molecular complexity index is 1610. The minimum absolute atomic E-state index is 0.127. The highest BCUT2D eigenvalue weighted by molar-refractivity contribution is 9.10. The Labute approximate surface area is 216 Å². The molecule has 0 aliphatic carbocycles. The molecule has 4 aromatic rings. The third kappa shape index (κ3) is 3.65. The van der Waals surface area contributed by atoms with Crippen molar-refractivity contribution in [2.75, 3.05) is 10.2 Å². The van der Waals surface area contributed by atoms with Gasteiger partial charge in [0.25, 0.3) is 17.5 Å². The number of carbonyl (C=O) groups excluding carboxylic acids is 2. The number of nitro benzene ring substituents is 1. The van der Waals surface area contributed by atoms with Gasteiger partial charge in [0.2, 0.25) is 0 Å². The number of hydrogen-bond donors (Lipinski definition) is 1. The minimum atomic E-state index is -0.577. The number of nitrogens with one attached hydrogen (secondary N) is 1. The average Bonchev–Trinajstić information content (AvgIpc) is 2.86. The Kier molecular flexibility index (Phi) is 5.84. The van der Waals surface area contributed by atoms with Gasteiger partial charge in [-0.3, -0.25) is 19.7 Å². The number of halogens is 1. The van der Waals surface area contributed by atoms with Gasteiger partial charge >= 0.3 is 0 Å². The van der Waals surface area contributed by atoms with Crippen molar-refractivity contribution in [3.05, 3.63) is 103 Å². The van der Waals surface area contributed by atoms with Crippen LogP contribution < -0.4 is 10.2 Å². The van der Waals surface area contributed by atoms with Gasteiger partial charge in [-0.15, -0.1) is 0 Å². The maximum Gasteiger partial charge on any atom is 0.294 e. The van der Waals surface area contributed by atoms with Crippen LogP contribution in [-0.2, 0) is 6.42 Å². The van der Waals surface area contributed by atoms with E-state index in [1.54, 1.807) is 30.3 Å². The molecule has 0 atom stereocenters. The van der Waals surface area contributed by atoms with Crippen molar-refractivity contribution >= 4 is 61.3 Å². The molecule has 0 unspecified atom stereocenters. The first-order valence-electron chi connectivity index (χ1n) is 11.5. The van der Waals surface area contributed by atoms with Gasteiger partial charge in [-0.05, 0) is 77.2 Å². The maximum atomic E-state index is 13.7.